The monoisotopic (exact) mass is 210 g/mol. The van der Waals surface area contributed by atoms with E-state index in [1.54, 1.807) is 31.1 Å². The van der Waals surface area contributed by atoms with E-state index in [-0.39, 0.29) is 24.3 Å². The molecule has 1 aromatic carbocycles. The molecule has 0 aliphatic rings. The van der Waals surface area contributed by atoms with Gasteiger partial charge in [-0.05, 0) is 18.7 Å². The van der Waals surface area contributed by atoms with E-state index in [2.05, 4.69) is 0 Å². The SMILES string of the molecule is CN(C)c1cccc(F)c1C(=O)CCN. The van der Waals surface area contributed by atoms with Gasteiger partial charge in [-0.25, -0.2) is 4.39 Å². The highest BCUT2D eigenvalue weighted by atomic mass is 19.1. The second kappa shape index (κ2) is 4.89. The van der Waals surface area contributed by atoms with Gasteiger partial charge in [0.15, 0.2) is 5.78 Å². The normalized spacial score (nSPS) is 10.1. The molecule has 0 aliphatic heterocycles. The topological polar surface area (TPSA) is 46.3 Å². The molecule has 3 nitrogen and oxygen atoms in total. The number of benzene rings is 1. The van der Waals surface area contributed by atoms with Crippen LogP contribution in [0.1, 0.15) is 16.8 Å². The molecule has 1 aromatic rings. The van der Waals surface area contributed by atoms with Crippen LogP contribution >= 0.6 is 0 Å². The van der Waals surface area contributed by atoms with Gasteiger partial charge >= 0.3 is 0 Å². The first kappa shape index (κ1) is 11.7. The van der Waals surface area contributed by atoms with Gasteiger partial charge in [-0.2, -0.15) is 0 Å². The number of nitrogens with two attached hydrogens (primary N) is 1. The lowest BCUT2D eigenvalue weighted by Gasteiger charge is -2.16. The molecule has 0 fully saturated rings. The molecule has 4 heteroatoms. The van der Waals surface area contributed by atoms with Crippen LogP contribution in [0.25, 0.3) is 0 Å². The van der Waals surface area contributed by atoms with E-state index >= 15 is 0 Å². The summed E-state index contributed by atoms with van der Waals surface area (Å²) in [5.41, 5.74) is 6.01. The van der Waals surface area contributed by atoms with Gasteiger partial charge in [0.05, 0.1) is 11.3 Å². The fourth-order valence-corrected chi connectivity index (χ4v) is 1.42. The molecule has 0 saturated carbocycles. The van der Waals surface area contributed by atoms with Gasteiger partial charge in [0.2, 0.25) is 0 Å². The highest BCUT2D eigenvalue weighted by molar-refractivity contribution is 6.01. The van der Waals surface area contributed by atoms with Crippen LogP contribution in [0.2, 0.25) is 0 Å². The first-order valence-corrected chi connectivity index (χ1v) is 4.77. The standard InChI is InChI=1S/C11H15FN2O/c1-14(2)9-5-3-4-8(12)11(9)10(15)6-7-13/h3-5H,6-7,13H2,1-2H3. The van der Waals surface area contributed by atoms with Gasteiger partial charge in [0.25, 0.3) is 0 Å². The minimum absolute atomic E-state index is 0.132. The summed E-state index contributed by atoms with van der Waals surface area (Å²) < 4.78 is 13.5. The first-order chi connectivity index (χ1) is 7.07. The van der Waals surface area contributed by atoms with Crippen molar-refractivity contribution in [3.63, 3.8) is 0 Å². The molecular formula is C11H15FN2O. The van der Waals surface area contributed by atoms with Crippen molar-refractivity contribution in [2.75, 3.05) is 25.5 Å². The molecule has 0 aliphatic carbocycles. The highest BCUT2D eigenvalue weighted by Gasteiger charge is 2.16. The van der Waals surface area contributed by atoms with Gasteiger partial charge in [0.1, 0.15) is 5.82 Å². The Morgan fingerprint density at radius 1 is 1.47 bits per heavy atom. The third-order valence-electron chi connectivity index (χ3n) is 2.12. The van der Waals surface area contributed by atoms with Gasteiger partial charge in [-0.15, -0.1) is 0 Å². The van der Waals surface area contributed by atoms with Crippen molar-refractivity contribution < 1.29 is 9.18 Å². The van der Waals surface area contributed by atoms with Crippen LogP contribution in [-0.2, 0) is 0 Å². The zero-order valence-electron chi connectivity index (χ0n) is 8.96. The van der Waals surface area contributed by atoms with Crippen molar-refractivity contribution in [1.29, 1.82) is 0 Å². The Labute approximate surface area is 88.7 Å². The van der Waals surface area contributed by atoms with Crippen molar-refractivity contribution in [2.24, 2.45) is 5.73 Å². The van der Waals surface area contributed by atoms with Crippen LogP contribution in [0.3, 0.4) is 0 Å². The summed E-state index contributed by atoms with van der Waals surface area (Å²) in [4.78, 5) is 13.4. The number of Topliss-reactive ketones (excluding diaryl/α,β-unsaturated/α-hetero) is 1. The second-order valence-corrected chi connectivity index (χ2v) is 3.49. The molecular weight excluding hydrogens is 195 g/mol. The second-order valence-electron chi connectivity index (χ2n) is 3.49. The van der Waals surface area contributed by atoms with Gasteiger partial charge < -0.3 is 10.6 Å². The molecule has 1 rings (SSSR count). The molecule has 15 heavy (non-hydrogen) atoms. The molecule has 0 amide bonds. The number of hydrogen-bond donors (Lipinski definition) is 1. The Kier molecular flexibility index (Phi) is 3.80. The van der Waals surface area contributed by atoms with Crippen LogP contribution in [0, 0.1) is 5.82 Å². The fraction of sp³-hybridized carbons (Fsp3) is 0.364. The Bertz CT molecular complexity index is 364. The fourth-order valence-electron chi connectivity index (χ4n) is 1.42. The molecule has 0 spiro atoms. The summed E-state index contributed by atoms with van der Waals surface area (Å²) >= 11 is 0. The number of hydrogen-bond acceptors (Lipinski definition) is 3. The molecule has 0 bridgehead atoms. The first-order valence-electron chi connectivity index (χ1n) is 4.77. The minimum Gasteiger partial charge on any atom is -0.377 e. The summed E-state index contributed by atoms with van der Waals surface area (Å²) in [6.45, 7) is 0.236. The maximum Gasteiger partial charge on any atom is 0.169 e. The van der Waals surface area contributed by atoms with Crippen LogP contribution in [0.15, 0.2) is 18.2 Å². The van der Waals surface area contributed by atoms with Gasteiger partial charge in [0, 0.05) is 20.5 Å². The predicted octanol–water partition coefficient (Wildman–Crippen LogP) is 1.42. The van der Waals surface area contributed by atoms with Crippen LogP contribution < -0.4 is 10.6 Å². The van der Waals surface area contributed by atoms with Crippen molar-refractivity contribution in [3.05, 3.63) is 29.6 Å². The quantitative estimate of drug-likeness (QED) is 0.764. The lowest BCUT2D eigenvalue weighted by atomic mass is 10.0. The van der Waals surface area contributed by atoms with E-state index < -0.39 is 5.82 Å². The number of halogens is 1. The van der Waals surface area contributed by atoms with Gasteiger partial charge in [-0.3, -0.25) is 4.79 Å². The Balaban J connectivity index is 3.18. The summed E-state index contributed by atoms with van der Waals surface area (Å²) in [6, 6.07) is 4.59. The molecule has 0 radical (unpaired) electrons. The predicted molar refractivity (Wildman–Crippen MR) is 58.7 cm³/mol. The van der Waals surface area contributed by atoms with Crippen molar-refractivity contribution >= 4 is 11.5 Å². The zero-order chi connectivity index (χ0) is 11.4. The Morgan fingerprint density at radius 3 is 2.67 bits per heavy atom. The minimum atomic E-state index is -0.486. The zero-order valence-corrected chi connectivity index (χ0v) is 8.96. The summed E-state index contributed by atoms with van der Waals surface area (Å²) in [5.74, 6) is -0.737. The maximum absolute atomic E-state index is 13.5. The summed E-state index contributed by atoms with van der Waals surface area (Å²) in [5, 5.41) is 0. The lowest BCUT2D eigenvalue weighted by molar-refractivity contribution is 0.0982. The van der Waals surface area contributed by atoms with E-state index in [0.717, 1.165) is 0 Å². The summed E-state index contributed by atoms with van der Waals surface area (Å²) in [6.07, 6.45) is 0.168. The number of ketones is 1. The Morgan fingerprint density at radius 2 is 2.13 bits per heavy atom. The average molecular weight is 210 g/mol. The number of carbonyl (C=O) groups excluding carboxylic acids is 1. The van der Waals surface area contributed by atoms with Gasteiger partial charge in [-0.1, -0.05) is 6.07 Å². The van der Waals surface area contributed by atoms with Crippen LogP contribution in [-0.4, -0.2) is 26.4 Å². The van der Waals surface area contributed by atoms with Crippen LogP contribution in [0.4, 0.5) is 10.1 Å². The third kappa shape index (κ3) is 2.53. The molecule has 0 aromatic heterocycles. The molecule has 0 saturated heterocycles. The molecule has 0 heterocycles. The molecule has 0 unspecified atom stereocenters. The van der Waals surface area contributed by atoms with E-state index in [1.807, 2.05) is 0 Å². The van der Waals surface area contributed by atoms with Crippen LogP contribution in [0.5, 0.6) is 0 Å². The van der Waals surface area contributed by atoms with Crippen molar-refractivity contribution in [1.82, 2.24) is 0 Å². The summed E-state index contributed by atoms with van der Waals surface area (Å²) in [7, 11) is 3.54. The smallest absolute Gasteiger partial charge is 0.169 e. The van der Waals surface area contributed by atoms with E-state index in [1.165, 1.54) is 6.07 Å². The highest BCUT2D eigenvalue weighted by Crippen LogP contribution is 2.22. The third-order valence-corrected chi connectivity index (χ3v) is 2.12. The lowest BCUT2D eigenvalue weighted by Crippen LogP contribution is -2.17. The van der Waals surface area contributed by atoms with Crippen molar-refractivity contribution in [3.8, 4) is 0 Å². The van der Waals surface area contributed by atoms with Crippen molar-refractivity contribution in [2.45, 2.75) is 6.42 Å². The number of nitrogens with zero attached hydrogens (tertiary/aromatic N) is 1. The number of anilines is 1. The molecule has 0 atom stereocenters. The largest absolute Gasteiger partial charge is 0.377 e. The maximum atomic E-state index is 13.5. The number of carbonyl (C=O) groups is 1. The number of rotatable bonds is 4. The average Bonchev–Trinajstić information content (AvgIpc) is 2.17. The molecule has 2 N–H and O–H groups in total. The van der Waals surface area contributed by atoms with E-state index in [4.69, 9.17) is 5.73 Å². The molecule has 82 valence electrons. The van der Waals surface area contributed by atoms with E-state index in [9.17, 15) is 9.18 Å². The Hall–Kier alpha value is -1.42. The van der Waals surface area contributed by atoms with E-state index in [0.29, 0.717) is 5.69 Å².